The van der Waals surface area contributed by atoms with Gasteiger partial charge in [0.25, 0.3) is 0 Å². The molecule has 5 heteroatoms. The van der Waals surface area contributed by atoms with Crippen LogP contribution in [0.25, 0.3) is 0 Å². The summed E-state index contributed by atoms with van der Waals surface area (Å²) in [6, 6.07) is 0. The van der Waals surface area contributed by atoms with Crippen LogP contribution in [0.4, 0.5) is 0 Å². The fraction of sp³-hybridized carbons (Fsp3) is 0.667. The second-order valence-corrected chi connectivity index (χ2v) is 4.00. The number of rotatable bonds is 3. The molecule has 0 spiro atoms. The molecule has 0 fully saturated rings. The van der Waals surface area contributed by atoms with Crippen molar-refractivity contribution in [1.29, 1.82) is 0 Å². The van der Waals surface area contributed by atoms with Gasteiger partial charge in [0.05, 0.1) is 11.4 Å². The third kappa shape index (κ3) is 2.42. The molecule has 0 saturated carbocycles. The van der Waals surface area contributed by atoms with Crippen LogP contribution in [0.2, 0.25) is 0 Å². The molecule has 1 unspecified atom stereocenters. The Balaban J connectivity index is 2.57. The third-order valence-electron chi connectivity index (χ3n) is 1.28. The van der Waals surface area contributed by atoms with Gasteiger partial charge in [-0.15, -0.1) is 5.10 Å². The van der Waals surface area contributed by atoms with E-state index in [-0.39, 0.29) is 0 Å². The summed E-state index contributed by atoms with van der Waals surface area (Å²) in [7, 11) is 1.02. The SMILES string of the molecule is CCS(=O)Cc1cn(C)nn1. The summed E-state index contributed by atoms with van der Waals surface area (Å²) in [5.41, 5.74) is 0.799. The standard InChI is InChI=1S/C6H11N3OS/c1-3-11(10)5-6-4-9(2)8-7-6/h4H,3,5H2,1-2H3. The number of hydrogen-bond acceptors (Lipinski definition) is 3. The van der Waals surface area contributed by atoms with E-state index in [9.17, 15) is 4.21 Å². The smallest absolute Gasteiger partial charge is 0.0951 e. The molecular weight excluding hydrogens is 162 g/mol. The first-order chi connectivity index (χ1) is 5.22. The summed E-state index contributed by atoms with van der Waals surface area (Å²) in [6.45, 7) is 1.90. The second kappa shape index (κ2) is 3.61. The zero-order valence-electron chi connectivity index (χ0n) is 6.65. The Hall–Kier alpha value is -0.710. The molecule has 0 bridgehead atoms. The normalized spacial score (nSPS) is 13.3. The van der Waals surface area contributed by atoms with Crippen LogP contribution in [0.15, 0.2) is 6.20 Å². The zero-order valence-corrected chi connectivity index (χ0v) is 7.47. The first-order valence-corrected chi connectivity index (χ1v) is 4.91. The lowest BCUT2D eigenvalue weighted by Crippen LogP contribution is -1.97. The van der Waals surface area contributed by atoms with Crippen molar-refractivity contribution in [3.05, 3.63) is 11.9 Å². The van der Waals surface area contributed by atoms with E-state index in [1.54, 1.807) is 17.9 Å². The minimum absolute atomic E-state index is 0.518. The minimum Gasteiger partial charge on any atom is -0.259 e. The molecule has 1 heterocycles. The Bertz CT molecular complexity index is 258. The molecule has 62 valence electrons. The molecular formula is C6H11N3OS. The van der Waals surface area contributed by atoms with Gasteiger partial charge in [-0.25, -0.2) is 0 Å². The molecule has 1 rings (SSSR count). The van der Waals surface area contributed by atoms with E-state index in [1.807, 2.05) is 6.92 Å². The highest BCUT2D eigenvalue weighted by molar-refractivity contribution is 7.84. The number of aromatic nitrogens is 3. The first kappa shape index (κ1) is 8.39. The van der Waals surface area contributed by atoms with Gasteiger partial charge < -0.3 is 0 Å². The molecule has 0 aromatic carbocycles. The fourth-order valence-electron chi connectivity index (χ4n) is 0.728. The summed E-state index contributed by atoms with van der Waals surface area (Å²) in [6.07, 6.45) is 1.79. The maximum absolute atomic E-state index is 11.0. The van der Waals surface area contributed by atoms with Crippen molar-refractivity contribution >= 4 is 10.8 Å². The average molecular weight is 173 g/mol. The summed E-state index contributed by atoms with van der Waals surface area (Å²) < 4.78 is 12.6. The summed E-state index contributed by atoms with van der Waals surface area (Å²) >= 11 is 0. The Morgan fingerprint density at radius 2 is 2.45 bits per heavy atom. The van der Waals surface area contributed by atoms with Gasteiger partial charge in [0, 0.05) is 29.8 Å². The molecule has 0 aliphatic carbocycles. The molecule has 0 N–H and O–H groups in total. The van der Waals surface area contributed by atoms with Crippen LogP contribution < -0.4 is 0 Å². The highest BCUT2D eigenvalue weighted by atomic mass is 32.2. The van der Waals surface area contributed by atoms with Crippen molar-refractivity contribution in [2.45, 2.75) is 12.7 Å². The number of nitrogens with zero attached hydrogens (tertiary/aromatic N) is 3. The third-order valence-corrected chi connectivity index (χ3v) is 2.54. The molecule has 0 aliphatic heterocycles. The van der Waals surface area contributed by atoms with E-state index >= 15 is 0 Å². The van der Waals surface area contributed by atoms with Crippen LogP contribution in [0.3, 0.4) is 0 Å². The highest BCUT2D eigenvalue weighted by Gasteiger charge is 2.01. The molecule has 11 heavy (non-hydrogen) atoms. The van der Waals surface area contributed by atoms with E-state index in [2.05, 4.69) is 10.3 Å². The molecule has 1 atom stereocenters. The van der Waals surface area contributed by atoms with Crippen LogP contribution in [-0.2, 0) is 23.6 Å². The Labute approximate surface area is 68.1 Å². The molecule has 1 aromatic rings. The van der Waals surface area contributed by atoms with Gasteiger partial charge in [-0.2, -0.15) is 0 Å². The largest absolute Gasteiger partial charge is 0.259 e. The van der Waals surface area contributed by atoms with Crippen molar-refractivity contribution in [3.63, 3.8) is 0 Å². The summed E-state index contributed by atoms with van der Waals surface area (Å²) in [5.74, 6) is 1.20. The van der Waals surface area contributed by atoms with Crippen molar-refractivity contribution in [2.75, 3.05) is 5.75 Å². The Morgan fingerprint density at radius 1 is 1.73 bits per heavy atom. The van der Waals surface area contributed by atoms with Crippen LogP contribution >= 0.6 is 0 Å². The minimum atomic E-state index is -0.780. The maximum atomic E-state index is 11.0. The van der Waals surface area contributed by atoms with Crippen molar-refractivity contribution < 1.29 is 4.21 Å². The van der Waals surface area contributed by atoms with Gasteiger partial charge >= 0.3 is 0 Å². The Morgan fingerprint density at radius 3 is 2.91 bits per heavy atom. The van der Waals surface area contributed by atoms with Gasteiger partial charge in [0.15, 0.2) is 0 Å². The van der Waals surface area contributed by atoms with Gasteiger partial charge in [0.1, 0.15) is 0 Å². The maximum Gasteiger partial charge on any atom is 0.0951 e. The monoisotopic (exact) mass is 173 g/mol. The fourth-order valence-corrected chi connectivity index (χ4v) is 1.39. The van der Waals surface area contributed by atoms with Gasteiger partial charge in [-0.1, -0.05) is 12.1 Å². The summed E-state index contributed by atoms with van der Waals surface area (Å²) in [4.78, 5) is 0. The van der Waals surface area contributed by atoms with Crippen molar-refractivity contribution in [2.24, 2.45) is 7.05 Å². The summed E-state index contributed by atoms with van der Waals surface area (Å²) in [5, 5.41) is 7.56. The topological polar surface area (TPSA) is 47.8 Å². The van der Waals surface area contributed by atoms with Crippen molar-refractivity contribution in [1.82, 2.24) is 15.0 Å². The molecule has 4 nitrogen and oxygen atoms in total. The van der Waals surface area contributed by atoms with Crippen molar-refractivity contribution in [3.8, 4) is 0 Å². The molecule has 0 amide bonds. The van der Waals surface area contributed by atoms with Crippen LogP contribution in [-0.4, -0.2) is 25.0 Å². The lowest BCUT2D eigenvalue weighted by molar-refractivity contribution is 0.682. The second-order valence-electron chi connectivity index (χ2n) is 2.26. The molecule has 0 aliphatic rings. The van der Waals surface area contributed by atoms with E-state index in [0.29, 0.717) is 11.5 Å². The van der Waals surface area contributed by atoms with Gasteiger partial charge in [0.2, 0.25) is 0 Å². The zero-order chi connectivity index (χ0) is 8.27. The van der Waals surface area contributed by atoms with E-state index in [1.165, 1.54) is 0 Å². The number of hydrogen-bond donors (Lipinski definition) is 0. The highest BCUT2D eigenvalue weighted by Crippen LogP contribution is 1.96. The number of aryl methyl sites for hydroxylation is 1. The van der Waals surface area contributed by atoms with Gasteiger partial charge in [-0.3, -0.25) is 8.89 Å². The van der Waals surface area contributed by atoms with E-state index < -0.39 is 10.8 Å². The molecule has 0 radical (unpaired) electrons. The Kier molecular flexibility index (Phi) is 2.76. The lowest BCUT2D eigenvalue weighted by Gasteiger charge is -1.91. The predicted octanol–water partition coefficient (Wildman–Crippen LogP) is 0.0837. The molecule has 0 saturated heterocycles. The predicted molar refractivity (Wildman–Crippen MR) is 43.4 cm³/mol. The van der Waals surface area contributed by atoms with Gasteiger partial charge in [-0.05, 0) is 0 Å². The van der Waals surface area contributed by atoms with Crippen LogP contribution in [0, 0.1) is 0 Å². The van der Waals surface area contributed by atoms with Crippen LogP contribution in [0.1, 0.15) is 12.6 Å². The lowest BCUT2D eigenvalue weighted by atomic mass is 10.6. The van der Waals surface area contributed by atoms with E-state index in [4.69, 9.17) is 0 Å². The molecule has 1 aromatic heterocycles. The van der Waals surface area contributed by atoms with E-state index in [0.717, 1.165) is 5.69 Å². The average Bonchev–Trinajstić information content (AvgIpc) is 2.35. The van der Waals surface area contributed by atoms with Crippen LogP contribution in [0.5, 0.6) is 0 Å². The first-order valence-electron chi connectivity index (χ1n) is 3.42. The quantitative estimate of drug-likeness (QED) is 0.650.